The van der Waals surface area contributed by atoms with Gasteiger partial charge in [0, 0.05) is 9.35 Å². The fraction of sp³-hybridized carbons (Fsp3) is 0. The molecule has 0 radical (unpaired) electrons. The van der Waals surface area contributed by atoms with E-state index in [1.807, 2.05) is 0 Å². The lowest BCUT2D eigenvalue weighted by atomic mass is 10.2. The average Bonchev–Trinajstić information content (AvgIpc) is 2.64. The quantitative estimate of drug-likeness (QED) is 0.903. The zero-order chi connectivity index (χ0) is 12.6. The molecule has 6 heteroatoms. The van der Waals surface area contributed by atoms with Crippen molar-refractivity contribution in [1.82, 2.24) is 0 Å². The summed E-state index contributed by atoms with van der Waals surface area (Å²) < 4.78 is 26.2. The molecule has 0 bridgehead atoms. The van der Waals surface area contributed by atoms with Crippen LogP contribution in [0.3, 0.4) is 0 Å². The van der Waals surface area contributed by atoms with Crippen molar-refractivity contribution in [2.45, 2.75) is 0 Å². The molecular formula is C11H5BrF2O2S. The number of carboxylic acid groups (broad SMARTS) is 1. The molecule has 0 aliphatic heterocycles. The van der Waals surface area contributed by atoms with Crippen molar-refractivity contribution >= 4 is 33.2 Å². The SMILES string of the molecule is O=C(O)c1sc(-c2ccc(F)c(F)c2)cc1Br. The van der Waals surface area contributed by atoms with Crippen LogP contribution in [0, 0.1) is 11.6 Å². The average molecular weight is 319 g/mol. The third-order valence-electron chi connectivity index (χ3n) is 2.09. The van der Waals surface area contributed by atoms with Gasteiger partial charge in [-0.05, 0) is 39.7 Å². The molecule has 1 aromatic heterocycles. The van der Waals surface area contributed by atoms with Crippen molar-refractivity contribution in [2.75, 3.05) is 0 Å². The molecule has 0 aliphatic carbocycles. The number of carbonyl (C=O) groups is 1. The van der Waals surface area contributed by atoms with Crippen LogP contribution >= 0.6 is 27.3 Å². The molecule has 17 heavy (non-hydrogen) atoms. The number of hydrogen-bond donors (Lipinski definition) is 1. The monoisotopic (exact) mass is 318 g/mol. The molecule has 0 fully saturated rings. The first-order valence-corrected chi connectivity index (χ1v) is 6.08. The summed E-state index contributed by atoms with van der Waals surface area (Å²) in [6.07, 6.45) is 0. The lowest BCUT2D eigenvalue weighted by Crippen LogP contribution is -1.91. The number of aromatic carboxylic acids is 1. The van der Waals surface area contributed by atoms with E-state index in [-0.39, 0.29) is 4.88 Å². The van der Waals surface area contributed by atoms with Crippen LogP contribution in [0.1, 0.15) is 9.67 Å². The van der Waals surface area contributed by atoms with Crippen LogP contribution in [-0.2, 0) is 0 Å². The van der Waals surface area contributed by atoms with Crippen LogP contribution in [-0.4, -0.2) is 11.1 Å². The Hall–Kier alpha value is -1.27. The van der Waals surface area contributed by atoms with Gasteiger partial charge in [0.1, 0.15) is 4.88 Å². The second-order valence-corrected chi connectivity index (χ2v) is 5.13. The van der Waals surface area contributed by atoms with Gasteiger partial charge in [0.25, 0.3) is 0 Å². The number of benzene rings is 1. The first-order valence-electron chi connectivity index (χ1n) is 4.47. The Morgan fingerprint density at radius 3 is 2.47 bits per heavy atom. The fourth-order valence-electron chi connectivity index (χ4n) is 1.31. The molecule has 0 unspecified atom stereocenters. The van der Waals surface area contributed by atoms with Gasteiger partial charge in [0.2, 0.25) is 0 Å². The van der Waals surface area contributed by atoms with Gasteiger partial charge in [-0.1, -0.05) is 6.07 Å². The highest BCUT2D eigenvalue weighted by atomic mass is 79.9. The van der Waals surface area contributed by atoms with E-state index in [0.29, 0.717) is 14.9 Å². The Balaban J connectivity index is 2.50. The second-order valence-electron chi connectivity index (χ2n) is 3.22. The van der Waals surface area contributed by atoms with E-state index in [2.05, 4.69) is 15.9 Å². The standard InChI is InChI=1S/C11H5BrF2O2S/c12-6-4-9(17-10(6)11(15)16)5-1-2-7(13)8(14)3-5/h1-4H,(H,15,16). The van der Waals surface area contributed by atoms with Gasteiger partial charge in [-0.2, -0.15) is 0 Å². The summed E-state index contributed by atoms with van der Waals surface area (Å²) in [6, 6.07) is 5.03. The van der Waals surface area contributed by atoms with Gasteiger partial charge in [-0.25, -0.2) is 13.6 Å². The maximum absolute atomic E-state index is 13.0. The molecule has 2 aromatic rings. The number of halogens is 3. The summed E-state index contributed by atoms with van der Waals surface area (Å²) in [7, 11) is 0. The number of hydrogen-bond acceptors (Lipinski definition) is 2. The minimum atomic E-state index is -1.06. The van der Waals surface area contributed by atoms with Crippen molar-refractivity contribution in [3.63, 3.8) is 0 Å². The highest BCUT2D eigenvalue weighted by Crippen LogP contribution is 2.35. The summed E-state index contributed by atoms with van der Waals surface area (Å²) in [5, 5.41) is 8.87. The predicted octanol–water partition coefficient (Wildman–Crippen LogP) is 4.15. The molecule has 88 valence electrons. The van der Waals surface area contributed by atoms with Crippen molar-refractivity contribution < 1.29 is 18.7 Å². The maximum Gasteiger partial charge on any atom is 0.347 e. The Labute approximate surface area is 108 Å². The van der Waals surface area contributed by atoms with Gasteiger partial charge in [-0.15, -0.1) is 11.3 Å². The molecular weight excluding hydrogens is 314 g/mol. The summed E-state index contributed by atoms with van der Waals surface area (Å²) in [5.74, 6) is -2.94. The van der Waals surface area contributed by atoms with E-state index >= 15 is 0 Å². The third-order valence-corrected chi connectivity index (χ3v) is 4.15. The summed E-state index contributed by atoms with van der Waals surface area (Å²) in [5.41, 5.74) is 0.446. The van der Waals surface area contributed by atoms with E-state index in [1.165, 1.54) is 6.07 Å². The molecule has 2 nitrogen and oxygen atoms in total. The maximum atomic E-state index is 13.0. The zero-order valence-corrected chi connectivity index (χ0v) is 10.6. The van der Waals surface area contributed by atoms with Gasteiger partial charge >= 0.3 is 5.97 Å². The minimum Gasteiger partial charge on any atom is -0.477 e. The summed E-state index contributed by atoms with van der Waals surface area (Å²) in [4.78, 5) is 11.5. The van der Waals surface area contributed by atoms with Gasteiger partial charge < -0.3 is 5.11 Å². The van der Waals surface area contributed by atoms with E-state index in [0.717, 1.165) is 23.5 Å². The van der Waals surface area contributed by atoms with Gasteiger partial charge in [-0.3, -0.25) is 0 Å². The highest BCUT2D eigenvalue weighted by molar-refractivity contribution is 9.10. The minimum absolute atomic E-state index is 0.129. The number of carboxylic acids is 1. The van der Waals surface area contributed by atoms with E-state index in [1.54, 1.807) is 6.07 Å². The van der Waals surface area contributed by atoms with Crippen molar-refractivity contribution in [3.8, 4) is 10.4 Å². The molecule has 0 saturated carbocycles. The fourth-order valence-corrected chi connectivity index (χ4v) is 2.98. The predicted molar refractivity (Wildman–Crippen MR) is 64.3 cm³/mol. The van der Waals surface area contributed by atoms with Gasteiger partial charge in [0.05, 0.1) is 0 Å². The third kappa shape index (κ3) is 2.37. The molecule has 1 aromatic carbocycles. The molecule has 0 atom stereocenters. The molecule has 2 rings (SSSR count). The Kier molecular flexibility index (Phi) is 3.26. The van der Waals surface area contributed by atoms with Crippen LogP contribution in [0.5, 0.6) is 0 Å². The Morgan fingerprint density at radius 2 is 1.94 bits per heavy atom. The van der Waals surface area contributed by atoms with E-state index < -0.39 is 17.6 Å². The molecule has 0 saturated heterocycles. The van der Waals surface area contributed by atoms with Crippen LogP contribution < -0.4 is 0 Å². The number of rotatable bonds is 2. The van der Waals surface area contributed by atoms with E-state index in [4.69, 9.17) is 5.11 Å². The normalized spacial score (nSPS) is 10.5. The molecule has 1 N–H and O–H groups in total. The Bertz CT molecular complexity index is 595. The van der Waals surface area contributed by atoms with Crippen LogP contribution in [0.15, 0.2) is 28.7 Å². The molecule has 0 amide bonds. The molecule has 0 spiro atoms. The summed E-state index contributed by atoms with van der Waals surface area (Å²) >= 11 is 4.11. The number of thiophene rings is 1. The van der Waals surface area contributed by atoms with Crippen molar-refractivity contribution in [3.05, 3.63) is 45.2 Å². The van der Waals surface area contributed by atoms with Gasteiger partial charge in [0.15, 0.2) is 11.6 Å². The first kappa shape index (κ1) is 12.2. The van der Waals surface area contributed by atoms with Crippen molar-refractivity contribution in [1.29, 1.82) is 0 Å². The van der Waals surface area contributed by atoms with Crippen molar-refractivity contribution in [2.24, 2.45) is 0 Å². The smallest absolute Gasteiger partial charge is 0.347 e. The topological polar surface area (TPSA) is 37.3 Å². The molecule has 1 heterocycles. The molecule has 0 aliphatic rings. The van der Waals surface area contributed by atoms with Crippen LogP contribution in [0.4, 0.5) is 8.78 Å². The summed E-state index contributed by atoms with van der Waals surface area (Å²) in [6.45, 7) is 0. The highest BCUT2D eigenvalue weighted by Gasteiger charge is 2.15. The van der Waals surface area contributed by atoms with Crippen LogP contribution in [0.2, 0.25) is 0 Å². The largest absolute Gasteiger partial charge is 0.477 e. The first-order chi connectivity index (χ1) is 7.99. The van der Waals surface area contributed by atoms with E-state index in [9.17, 15) is 13.6 Å². The second kappa shape index (κ2) is 4.54. The lowest BCUT2D eigenvalue weighted by Gasteiger charge is -1.97. The lowest BCUT2D eigenvalue weighted by molar-refractivity contribution is 0.0701. The van der Waals surface area contributed by atoms with Crippen LogP contribution in [0.25, 0.3) is 10.4 Å². The Morgan fingerprint density at radius 1 is 1.24 bits per heavy atom. The zero-order valence-electron chi connectivity index (χ0n) is 8.21.